The SMILES string of the molecule is C[C@H](NCc1cc(O)c2c(c1Cl)C[C@H]1C[C@H]3[C@H](N(C)C)C(=O)C(C(N)=O)C(=O)[C@@]3(O)C(=O)C1C2=O)C(C)(C)C. The van der Waals surface area contributed by atoms with Crippen molar-refractivity contribution >= 4 is 40.6 Å². The number of nitrogens with zero attached hydrogens (tertiary/aromatic N) is 1. The predicted molar refractivity (Wildman–Crippen MR) is 142 cm³/mol. The second-order valence-electron chi connectivity index (χ2n) is 12.5. The van der Waals surface area contributed by atoms with Gasteiger partial charge in [0.1, 0.15) is 5.75 Å². The van der Waals surface area contributed by atoms with Gasteiger partial charge in [0.25, 0.3) is 0 Å². The maximum Gasteiger partial charge on any atom is 0.235 e. The van der Waals surface area contributed by atoms with Gasteiger partial charge in [-0.25, -0.2) is 0 Å². The van der Waals surface area contributed by atoms with Crippen molar-refractivity contribution in [1.82, 2.24) is 10.2 Å². The lowest BCUT2D eigenvalue weighted by atomic mass is 9.52. The Labute approximate surface area is 232 Å². The molecule has 3 aliphatic rings. The number of Topliss-reactive ketones (excluding diaryl/α,β-unsaturated/α-hetero) is 4. The van der Waals surface area contributed by atoms with Gasteiger partial charge in [-0.05, 0) is 62.4 Å². The van der Waals surface area contributed by atoms with Crippen molar-refractivity contribution in [2.24, 2.45) is 34.8 Å². The first-order valence-electron chi connectivity index (χ1n) is 13.1. The van der Waals surface area contributed by atoms with Crippen LogP contribution in [0.15, 0.2) is 6.07 Å². The van der Waals surface area contributed by atoms with Crippen LogP contribution >= 0.6 is 11.6 Å². The van der Waals surface area contributed by atoms with Crippen LogP contribution in [0.4, 0.5) is 0 Å². The second-order valence-corrected chi connectivity index (χ2v) is 12.9. The zero-order valence-electron chi connectivity index (χ0n) is 23.0. The standard InChI is InChI=1S/C28H36ClN3O7/c1-11(27(2,3)4)31-10-13-9-16(33)18-14(20(13)29)7-12-8-15-21(32(5)6)23(35)19(26(30)38)25(37)28(15,39)24(36)17(12)22(18)34/h9,11-12,15,17,19,21,31,33,39H,7-8,10H2,1-6H3,(H2,30,38)/t11-,12-,15-,17?,19?,21-,28-/m0/s1. The highest BCUT2D eigenvalue weighted by Gasteiger charge is 2.69. The summed E-state index contributed by atoms with van der Waals surface area (Å²) < 4.78 is 0. The van der Waals surface area contributed by atoms with E-state index in [9.17, 15) is 34.2 Å². The van der Waals surface area contributed by atoms with Gasteiger partial charge < -0.3 is 21.3 Å². The Hall–Kier alpha value is -2.66. The van der Waals surface area contributed by atoms with E-state index in [4.69, 9.17) is 17.3 Å². The minimum atomic E-state index is -2.75. The Balaban J connectivity index is 1.77. The van der Waals surface area contributed by atoms with Crippen molar-refractivity contribution in [3.63, 3.8) is 0 Å². The average molecular weight is 562 g/mol. The smallest absolute Gasteiger partial charge is 0.235 e. The van der Waals surface area contributed by atoms with Crippen molar-refractivity contribution in [2.75, 3.05) is 14.1 Å². The number of nitrogens with two attached hydrogens (primary N) is 1. The molecule has 2 saturated carbocycles. The topological polar surface area (TPSA) is 167 Å². The van der Waals surface area contributed by atoms with Gasteiger partial charge in [-0.1, -0.05) is 32.4 Å². The largest absolute Gasteiger partial charge is 0.507 e. The number of likely N-dealkylation sites (N-methyl/N-ethyl adjacent to an activating group) is 1. The Morgan fingerprint density at radius 2 is 1.85 bits per heavy atom. The number of hydrogen-bond acceptors (Lipinski definition) is 9. The van der Waals surface area contributed by atoms with Gasteiger partial charge in [0.2, 0.25) is 5.91 Å². The number of phenols is 1. The highest BCUT2D eigenvalue weighted by atomic mass is 35.5. The third kappa shape index (κ3) is 4.41. The van der Waals surface area contributed by atoms with Crippen LogP contribution in [-0.4, -0.2) is 75.9 Å². The fourth-order valence-corrected chi connectivity index (χ4v) is 6.70. The number of fused-ring (bicyclic) bond motifs is 3. The lowest BCUT2D eigenvalue weighted by Crippen LogP contribution is -2.74. The number of primary amides is 1. The Morgan fingerprint density at radius 1 is 1.23 bits per heavy atom. The van der Waals surface area contributed by atoms with Crippen LogP contribution in [0.2, 0.25) is 5.02 Å². The highest BCUT2D eigenvalue weighted by Crippen LogP contribution is 2.51. The first-order chi connectivity index (χ1) is 17.9. The number of hydrogen-bond donors (Lipinski definition) is 4. The second kappa shape index (κ2) is 9.76. The van der Waals surface area contributed by atoms with Gasteiger partial charge in [-0.3, -0.25) is 28.9 Å². The fraction of sp³-hybridized carbons (Fsp3) is 0.607. The quantitative estimate of drug-likeness (QED) is 0.384. The lowest BCUT2D eigenvalue weighted by Gasteiger charge is -2.52. The summed E-state index contributed by atoms with van der Waals surface area (Å²) in [5, 5.41) is 26.2. The first-order valence-corrected chi connectivity index (χ1v) is 13.4. The molecule has 1 amide bonds. The van der Waals surface area contributed by atoms with Crippen LogP contribution in [0.3, 0.4) is 0 Å². The van der Waals surface area contributed by atoms with Gasteiger partial charge in [-0.2, -0.15) is 0 Å². The van der Waals surface area contributed by atoms with E-state index >= 15 is 0 Å². The number of phenolic OH excluding ortho intramolecular Hbond substituents is 1. The van der Waals surface area contributed by atoms with Gasteiger partial charge in [0.05, 0.1) is 17.5 Å². The Kier molecular flexibility index (Phi) is 7.34. The molecule has 5 N–H and O–H groups in total. The zero-order chi connectivity index (χ0) is 29.4. The van der Waals surface area contributed by atoms with E-state index in [0.29, 0.717) is 22.7 Å². The number of aliphatic hydroxyl groups is 1. The van der Waals surface area contributed by atoms with E-state index in [1.165, 1.54) is 11.0 Å². The molecular weight excluding hydrogens is 526 g/mol. The molecule has 0 spiro atoms. The van der Waals surface area contributed by atoms with Crippen LogP contribution in [0.5, 0.6) is 5.75 Å². The normalized spacial score (nSPS) is 31.6. The minimum absolute atomic E-state index is 0.0233. The molecule has 3 aliphatic carbocycles. The number of halogens is 1. The molecule has 0 radical (unpaired) electrons. The summed E-state index contributed by atoms with van der Waals surface area (Å²) in [7, 11) is 3.09. The van der Waals surface area contributed by atoms with Crippen molar-refractivity contribution in [1.29, 1.82) is 0 Å². The maximum absolute atomic E-state index is 13.8. The molecule has 0 aliphatic heterocycles. The van der Waals surface area contributed by atoms with E-state index < -0.39 is 64.4 Å². The van der Waals surface area contributed by atoms with E-state index in [1.54, 1.807) is 14.1 Å². The van der Waals surface area contributed by atoms with Crippen LogP contribution in [0, 0.1) is 29.1 Å². The number of nitrogens with one attached hydrogen (secondary N) is 1. The van der Waals surface area contributed by atoms with Crippen molar-refractivity contribution < 1.29 is 34.2 Å². The fourth-order valence-electron chi connectivity index (χ4n) is 6.41. The summed E-state index contributed by atoms with van der Waals surface area (Å²) in [5.41, 5.74) is 3.43. The van der Waals surface area contributed by atoms with Gasteiger partial charge >= 0.3 is 0 Å². The van der Waals surface area contributed by atoms with E-state index in [2.05, 4.69) is 26.1 Å². The highest BCUT2D eigenvalue weighted by molar-refractivity contribution is 6.34. The van der Waals surface area contributed by atoms with Crippen LogP contribution < -0.4 is 11.1 Å². The molecule has 0 saturated heterocycles. The number of carbonyl (C=O) groups is 5. The van der Waals surface area contributed by atoms with E-state index in [1.807, 2.05) is 6.92 Å². The number of benzene rings is 1. The van der Waals surface area contributed by atoms with E-state index in [-0.39, 0.29) is 35.6 Å². The molecule has 0 aromatic heterocycles. The number of carbonyl (C=O) groups excluding carboxylic acids is 5. The first kappa shape index (κ1) is 29.3. The average Bonchev–Trinajstić information content (AvgIpc) is 2.81. The molecule has 7 atom stereocenters. The monoisotopic (exact) mass is 561 g/mol. The summed E-state index contributed by atoms with van der Waals surface area (Å²) in [6, 6.07) is 0.354. The summed E-state index contributed by atoms with van der Waals surface area (Å²) >= 11 is 6.77. The molecule has 0 heterocycles. The molecule has 39 heavy (non-hydrogen) atoms. The lowest BCUT2D eigenvalue weighted by molar-refractivity contribution is -0.181. The van der Waals surface area contributed by atoms with E-state index in [0.717, 1.165) is 0 Å². The van der Waals surface area contributed by atoms with Gasteiger partial charge in [0.15, 0.2) is 34.7 Å². The van der Waals surface area contributed by atoms with Crippen molar-refractivity contribution in [2.45, 2.75) is 64.8 Å². The molecule has 0 bridgehead atoms. The summed E-state index contributed by atoms with van der Waals surface area (Å²) in [5.74, 6) is -10.8. The van der Waals surface area contributed by atoms with Crippen LogP contribution in [0.1, 0.15) is 55.6 Å². The van der Waals surface area contributed by atoms with Crippen LogP contribution in [0.25, 0.3) is 0 Å². The number of rotatable bonds is 5. The predicted octanol–water partition coefficient (Wildman–Crippen LogP) is 1.04. The molecule has 11 heteroatoms. The molecule has 10 nitrogen and oxygen atoms in total. The summed E-state index contributed by atoms with van der Waals surface area (Å²) in [4.78, 5) is 67.5. The summed E-state index contributed by atoms with van der Waals surface area (Å²) in [6.45, 7) is 8.63. The molecule has 212 valence electrons. The van der Waals surface area contributed by atoms with Crippen LogP contribution in [-0.2, 0) is 32.1 Å². The van der Waals surface area contributed by atoms with Crippen molar-refractivity contribution in [3.8, 4) is 5.75 Å². The molecule has 2 fully saturated rings. The Bertz CT molecular complexity index is 1290. The zero-order valence-corrected chi connectivity index (χ0v) is 23.8. The third-order valence-corrected chi connectivity index (χ3v) is 9.44. The number of ketones is 4. The van der Waals surface area contributed by atoms with Gasteiger partial charge in [0, 0.05) is 23.5 Å². The Morgan fingerprint density at radius 3 is 2.38 bits per heavy atom. The molecule has 1 aromatic carbocycles. The molecular formula is C28H36ClN3O7. The number of amides is 1. The van der Waals surface area contributed by atoms with Gasteiger partial charge in [-0.15, -0.1) is 0 Å². The maximum atomic E-state index is 13.8. The molecule has 1 aromatic rings. The third-order valence-electron chi connectivity index (χ3n) is 8.97. The molecule has 4 rings (SSSR count). The number of aromatic hydroxyl groups is 1. The molecule has 2 unspecified atom stereocenters. The summed E-state index contributed by atoms with van der Waals surface area (Å²) in [6.07, 6.45) is 0.103. The minimum Gasteiger partial charge on any atom is -0.507 e. The van der Waals surface area contributed by atoms with Crippen molar-refractivity contribution in [3.05, 3.63) is 27.8 Å².